The molecule has 2 saturated heterocycles. The Kier molecular flexibility index (Phi) is 6.45. The molecule has 1 amide bonds. The van der Waals surface area contributed by atoms with Gasteiger partial charge in [0.1, 0.15) is 0 Å². The fourth-order valence-corrected chi connectivity index (χ4v) is 5.05. The molecule has 2 aliphatic rings. The van der Waals surface area contributed by atoms with E-state index in [2.05, 4.69) is 35.2 Å². The number of piperidine rings is 2. The van der Waals surface area contributed by atoms with Gasteiger partial charge in [-0.3, -0.25) is 9.69 Å². The van der Waals surface area contributed by atoms with Gasteiger partial charge in [-0.1, -0.05) is 30.3 Å². The van der Waals surface area contributed by atoms with Gasteiger partial charge in [-0.25, -0.2) is 0 Å². The third-order valence-corrected chi connectivity index (χ3v) is 6.84. The normalized spacial score (nSPS) is 19.8. The standard InChI is InChI=1S/C23H30N2O2S/c1-18-7-8-22(28-18)23(26)25-15-11-21(12-16-25)27-20-9-13-24(14-10-20)17-19-5-3-2-4-6-19/h2-8,20-21H,9-17H2,1H3. The lowest BCUT2D eigenvalue weighted by Gasteiger charge is -2.37. The van der Waals surface area contributed by atoms with E-state index in [4.69, 9.17) is 4.74 Å². The summed E-state index contributed by atoms with van der Waals surface area (Å²) in [6.45, 7) is 6.92. The molecule has 28 heavy (non-hydrogen) atoms. The molecule has 1 aromatic carbocycles. The van der Waals surface area contributed by atoms with Crippen LogP contribution in [0.15, 0.2) is 42.5 Å². The number of likely N-dealkylation sites (tertiary alicyclic amines) is 2. The molecule has 2 fully saturated rings. The molecule has 2 aliphatic heterocycles. The zero-order valence-electron chi connectivity index (χ0n) is 16.7. The first-order valence-electron chi connectivity index (χ1n) is 10.4. The molecule has 0 atom stereocenters. The first kappa shape index (κ1) is 19.6. The molecule has 0 N–H and O–H groups in total. The number of rotatable bonds is 5. The predicted molar refractivity (Wildman–Crippen MR) is 114 cm³/mol. The van der Waals surface area contributed by atoms with Crippen molar-refractivity contribution in [3.8, 4) is 0 Å². The first-order chi connectivity index (χ1) is 13.7. The molecule has 0 radical (unpaired) electrons. The number of nitrogens with zero attached hydrogens (tertiary/aromatic N) is 2. The molecule has 3 heterocycles. The second kappa shape index (κ2) is 9.21. The van der Waals surface area contributed by atoms with Crippen LogP contribution in [0.2, 0.25) is 0 Å². The van der Waals surface area contributed by atoms with Crippen LogP contribution in [0.3, 0.4) is 0 Å². The van der Waals surface area contributed by atoms with E-state index in [1.165, 1.54) is 10.4 Å². The number of carbonyl (C=O) groups excluding carboxylic acids is 1. The highest BCUT2D eigenvalue weighted by molar-refractivity contribution is 7.13. The van der Waals surface area contributed by atoms with E-state index >= 15 is 0 Å². The largest absolute Gasteiger partial charge is 0.375 e. The molecule has 4 rings (SSSR count). The minimum Gasteiger partial charge on any atom is -0.375 e. The highest BCUT2D eigenvalue weighted by Crippen LogP contribution is 2.24. The van der Waals surface area contributed by atoms with E-state index < -0.39 is 0 Å². The van der Waals surface area contributed by atoms with Crippen molar-refractivity contribution in [1.29, 1.82) is 0 Å². The molecule has 0 unspecified atom stereocenters. The smallest absolute Gasteiger partial charge is 0.263 e. The molecule has 1 aromatic heterocycles. The van der Waals surface area contributed by atoms with Crippen molar-refractivity contribution in [3.05, 3.63) is 57.8 Å². The second-order valence-corrected chi connectivity index (χ2v) is 9.29. The SMILES string of the molecule is Cc1ccc(C(=O)N2CCC(OC3CCN(Cc4ccccc4)CC3)CC2)s1. The summed E-state index contributed by atoms with van der Waals surface area (Å²) < 4.78 is 6.41. The zero-order chi connectivity index (χ0) is 19.3. The fourth-order valence-electron chi connectivity index (χ4n) is 4.22. The minimum atomic E-state index is 0.186. The van der Waals surface area contributed by atoms with Crippen LogP contribution in [0.25, 0.3) is 0 Å². The van der Waals surface area contributed by atoms with E-state index in [0.29, 0.717) is 12.2 Å². The summed E-state index contributed by atoms with van der Waals surface area (Å²) in [5.41, 5.74) is 1.39. The number of hydrogen-bond acceptors (Lipinski definition) is 4. The Morgan fingerprint density at radius 3 is 2.21 bits per heavy atom. The third kappa shape index (κ3) is 5.02. The summed E-state index contributed by atoms with van der Waals surface area (Å²) in [6, 6.07) is 14.7. The summed E-state index contributed by atoms with van der Waals surface area (Å²) in [6.07, 6.45) is 4.82. The van der Waals surface area contributed by atoms with Gasteiger partial charge >= 0.3 is 0 Å². The Bertz CT molecular complexity index is 760. The topological polar surface area (TPSA) is 32.8 Å². The number of carbonyl (C=O) groups is 1. The van der Waals surface area contributed by atoms with E-state index in [1.54, 1.807) is 11.3 Å². The maximum Gasteiger partial charge on any atom is 0.263 e. The van der Waals surface area contributed by atoms with E-state index in [-0.39, 0.29) is 5.91 Å². The number of amides is 1. The quantitative estimate of drug-likeness (QED) is 0.751. The van der Waals surface area contributed by atoms with Crippen LogP contribution in [-0.4, -0.2) is 54.1 Å². The van der Waals surface area contributed by atoms with Crippen molar-refractivity contribution in [2.45, 2.75) is 51.4 Å². The van der Waals surface area contributed by atoms with Crippen molar-refractivity contribution in [3.63, 3.8) is 0 Å². The number of thiophene rings is 1. The van der Waals surface area contributed by atoms with E-state index in [1.807, 2.05) is 24.0 Å². The third-order valence-electron chi connectivity index (χ3n) is 5.85. The van der Waals surface area contributed by atoms with Crippen LogP contribution in [-0.2, 0) is 11.3 Å². The molecule has 4 nitrogen and oxygen atoms in total. The molecule has 150 valence electrons. The van der Waals surface area contributed by atoms with Crippen molar-refractivity contribution in [1.82, 2.24) is 9.80 Å². The van der Waals surface area contributed by atoms with Gasteiger partial charge in [0.25, 0.3) is 5.91 Å². The summed E-state index contributed by atoms with van der Waals surface area (Å²) in [5.74, 6) is 0.186. The molecule has 0 saturated carbocycles. The number of ether oxygens (including phenoxy) is 1. The lowest BCUT2D eigenvalue weighted by Crippen LogP contribution is -2.43. The van der Waals surface area contributed by atoms with E-state index in [0.717, 1.165) is 63.3 Å². The number of hydrogen-bond donors (Lipinski definition) is 0. The Morgan fingerprint density at radius 1 is 0.964 bits per heavy atom. The van der Waals surface area contributed by atoms with Crippen LogP contribution < -0.4 is 0 Å². The molecule has 0 aliphatic carbocycles. The lowest BCUT2D eigenvalue weighted by molar-refractivity contribution is -0.0628. The fraction of sp³-hybridized carbons (Fsp3) is 0.522. The van der Waals surface area contributed by atoms with Gasteiger partial charge < -0.3 is 9.64 Å². The number of aryl methyl sites for hydroxylation is 1. The lowest BCUT2D eigenvalue weighted by atomic mass is 10.0. The first-order valence-corrected chi connectivity index (χ1v) is 11.3. The minimum absolute atomic E-state index is 0.186. The molecule has 2 aromatic rings. The van der Waals surface area contributed by atoms with Crippen LogP contribution in [0, 0.1) is 6.92 Å². The molecular formula is C23H30N2O2S. The molecule has 5 heteroatoms. The van der Waals surface area contributed by atoms with Crippen LogP contribution in [0.5, 0.6) is 0 Å². The molecule has 0 bridgehead atoms. The zero-order valence-corrected chi connectivity index (χ0v) is 17.5. The molecule has 0 spiro atoms. The van der Waals surface area contributed by atoms with E-state index in [9.17, 15) is 4.79 Å². The average Bonchev–Trinajstić information content (AvgIpc) is 3.17. The van der Waals surface area contributed by atoms with Crippen LogP contribution in [0.1, 0.15) is 45.8 Å². The van der Waals surface area contributed by atoms with Gasteiger partial charge in [-0.2, -0.15) is 0 Å². The maximum absolute atomic E-state index is 12.6. The van der Waals surface area contributed by atoms with Gasteiger partial charge in [0.2, 0.25) is 0 Å². The highest BCUT2D eigenvalue weighted by Gasteiger charge is 2.28. The van der Waals surface area contributed by atoms with Crippen molar-refractivity contribution in [2.24, 2.45) is 0 Å². The summed E-state index contributed by atoms with van der Waals surface area (Å²) >= 11 is 1.59. The van der Waals surface area contributed by atoms with Crippen molar-refractivity contribution in [2.75, 3.05) is 26.2 Å². The second-order valence-electron chi connectivity index (χ2n) is 8.00. The Labute approximate surface area is 172 Å². The van der Waals surface area contributed by atoms with Gasteiger partial charge in [0.15, 0.2) is 0 Å². The summed E-state index contributed by atoms with van der Waals surface area (Å²) in [5, 5.41) is 0. The Hall–Kier alpha value is -1.69. The van der Waals surface area contributed by atoms with Gasteiger partial charge in [0.05, 0.1) is 17.1 Å². The Morgan fingerprint density at radius 2 is 1.61 bits per heavy atom. The maximum atomic E-state index is 12.6. The summed E-state index contributed by atoms with van der Waals surface area (Å²) in [4.78, 5) is 19.2. The Balaban J connectivity index is 1.18. The summed E-state index contributed by atoms with van der Waals surface area (Å²) in [7, 11) is 0. The van der Waals surface area contributed by atoms with Gasteiger partial charge in [-0.15, -0.1) is 11.3 Å². The highest BCUT2D eigenvalue weighted by atomic mass is 32.1. The van der Waals surface area contributed by atoms with Crippen LogP contribution >= 0.6 is 11.3 Å². The monoisotopic (exact) mass is 398 g/mol. The average molecular weight is 399 g/mol. The number of benzene rings is 1. The van der Waals surface area contributed by atoms with Gasteiger partial charge in [0, 0.05) is 37.6 Å². The van der Waals surface area contributed by atoms with Crippen molar-refractivity contribution >= 4 is 17.2 Å². The predicted octanol–water partition coefficient (Wildman–Crippen LogP) is 4.34. The van der Waals surface area contributed by atoms with Crippen molar-refractivity contribution < 1.29 is 9.53 Å². The van der Waals surface area contributed by atoms with Crippen LogP contribution in [0.4, 0.5) is 0 Å². The molecular weight excluding hydrogens is 368 g/mol. The van der Waals surface area contributed by atoms with Gasteiger partial charge in [-0.05, 0) is 50.3 Å².